The van der Waals surface area contributed by atoms with Gasteiger partial charge in [-0.25, -0.2) is 9.82 Å². The molecule has 0 aromatic heterocycles. The number of carbonyl (C=O) groups is 1. The van der Waals surface area contributed by atoms with Crippen molar-refractivity contribution < 1.29 is 9.18 Å². The van der Waals surface area contributed by atoms with Gasteiger partial charge in [-0.05, 0) is 38.0 Å². The van der Waals surface area contributed by atoms with Crippen LogP contribution in [0, 0.1) is 26.6 Å². The number of benzene rings is 2. The monoisotopic (exact) mass is 313 g/mol. The molecule has 120 valence electrons. The predicted octanol–water partition coefficient (Wildman–Crippen LogP) is 3.31. The SMILES string of the molecule is Cc1cc(C)c(NCC(=O)N/N=C\c2ccccc2F)c(C)c1. The Kier molecular flexibility index (Phi) is 5.46. The lowest BCUT2D eigenvalue weighted by Gasteiger charge is -2.13. The first-order chi connectivity index (χ1) is 11.0. The van der Waals surface area contributed by atoms with Crippen LogP contribution in [-0.4, -0.2) is 18.7 Å². The zero-order valence-electron chi connectivity index (χ0n) is 13.5. The maximum Gasteiger partial charge on any atom is 0.259 e. The van der Waals surface area contributed by atoms with Crippen molar-refractivity contribution in [2.45, 2.75) is 20.8 Å². The number of hydrogen-bond acceptors (Lipinski definition) is 3. The summed E-state index contributed by atoms with van der Waals surface area (Å²) in [5, 5.41) is 6.88. The molecule has 4 nitrogen and oxygen atoms in total. The number of nitrogens with zero attached hydrogens (tertiary/aromatic N) is 1. The first-order valence-corrected chi connectivity index (χ1v) is 7.35. The van der Waals surface area contributed by atoms with Gasteiger partial charge in [0, 0.05) is 11.3 Å². The van der Waals surface area contributed by atoms with E-state index >= 15 is 0 Å². The third-order valence-electron chi connectivity index (χ3n) is 3.40. The summed E-state index contributed by atoms with van der Waals surface area (Å²) >= 11 is 0. The Labute approximate surface area is 135 Å². The van der Waals surface area contributed by atoms with Crippen molar-refractivity contribution in [1.82, 2.24) is 5.43 Å². The molecular formula is C18H20FN3O. The average Bonchev–Trinajstić information content (AvgIpc) is 2.48. The minimum Gasteiger partial charge on any atom is -0.376 e. The molecule has 0 bridgehead atoms. The molecule has 0 spiro atoms. The van der Waals surface area contributed by atoms with Gasteiger partial charge >= 0.3 is 0 Å². The maximum atomic E-state index is 13.4. The molecule has 0 aliphatic rings. The van der Waals surface area contributed by atoms with Gasteiger partial charge in [-0.15, -0.1) is 0 Å². The summed E-state index contributed by atoms with van der Waals surface area (Å²) in [7, 11) is 0. The molecule has 23 heavy (non-hydrogen) atoms. The van der Waals surface area contributed by atoms with Crippen LogP contribution >= 0.6 is 0 Å². The second-order valence-corrected chi connectivity index (χ2v) is 5.44. The second-order valence-electron chi connectivity index (χ2n) is 5.44. The molecule has 0 fully saturated rings. The van der Waals surface area contributed by atoms with Crippen molar-refractivity contribution in [3.63, 3.8) is 0 Å². The van der Waals surface area contributed by atoms with Gasteiger partial charge < -0.3 is 5.32 Å². The minimum atomic E-state index is -0.380. The fraction of sp³-hybridized carbons (Fsp3) is 0.222. The number of rotatable bonds is 5. The molecule has 0 saturated carbocycles. The molecule has 2 aromatic rings. The molecule has 2 N–H and O–H groups in total. The van der Waals surface area contributed by atoms with E-state index in [0.29, 0.717) is 5.56 Å². The van der Waals surface area contributed by atoms with Gasteiger partial charge in [0.1, 0.15) is 5.82 Å². The zero-order valence-corrected chi connectivity index (χ0v) is 13.5. The zero-order chi connectivity index (χ0) is 16.8. The van der Waals surface area contributed by atoms with E-state index in [4.69, 9.17) is 0 Å². The molecule has 0 unspecified atom stereocenters. The highest BCUT2D eigenvalue weighted by Crippen LogP contribution is 2.21. The van der Waals surface area contributed by atoms with Crippen molar-refractivity contribution in [1.29, 1.82) is 0 Å². The van der Waals surface area contributed by atoms with Gasteiger partial charge in [0.2, 0.25) is 0 Å². The van der Waals surface area contributed by atoms with Gasteiger partial charge in [0.25, 0.3) is 5.91 Å². The second kappa shape index (κ2) is 7.54. The fourth-order valence-corrected chi connectivity index (χ4v) is 2.42. The number of hydrogen-bond donors (Lipinski definition) is 2. The van der Waals surface area contributed by atoms with Crippen LogP contribution in [0.3, 0.4) is 0 Å². The highest BCUT2D eigenvalue weighted by molar-refractivity contribution is 5.84. The van der Waals surface area contributed by atoms with Crippen LogP contribution in [0.1, 0.15) is 22.3 Å². The molecule has 0 radical (unpaired) electrons. The Balaban J connectivity index is 1.90. The average molecular weight is 313 g/mol. The van der Waals surface area contributed by atoms with Crippen molar-refractivity contribution >= 4 is 17.8 Å². The lowest BCUT2D eigenvalue weighted by atomic mass is 10.1. The highest BCUT2D eigenvalue weighted by Gasteiger charge is 2.06. The lowest BCUT2D eigenvalue weighted by molar-refractivity contribution is -0.119. The summed E-state index contributed by atoms with van der Waals surface area (Å²) in [5.74, 6) is -0.675. The lowest BCUT2D eigenvalue weighted by Crippen LogP contribution is -2.26. The smallest absolute Gasteiger partial charge is 0.259 e. The number of nitrogens with one attached hydrogen (secondary N) is 2. The van der Waals surface area contributed by atoms with Gasteiger partial charge in [0.15, 0.2) is 0 Å². The molecule has 0 saturated heterocycles. The number of aryl methyl sites for hydroxylation is 3. The third-order valence-corrected chi connectivity index (χ3v) is 3.40. The van der Waals surface area contributed by atoms with Crippen LogP contribution in [0.4, 0.5) is 10.1 Å². The standard InChI is InChI=1S/C18H20FN3O/c1-12-8-13(2)18(14(3)9-12)20-11-17(23)22-21-10-15-6-4-5-7-16(15)19/h4-10,20H,11H2,1-3H3,(H,22,23)/b21-10-. The molecular weight excluding hydrogens is 293 g/mol. The normalized spacial score (nSPS) is 10.8. The molecule has 1 amide bonds. The number of halogens is 1. The fourth-order valence-electron chi connectivity index (χ4n) is 2.42. The van der Waals surface area contributed by atoms with Crippen molar-refractivity contribution in [3.05, 3.63) is 64.5 Å². The number of anilines is 1. The minimum absolute atomic E-state index is 0.0966. The van der Waals surface area contributed by atoms with Crippen LogP contribution in [0.25, 0.3) is 0 Å². The molecule has 0 atom stereocenters. The van der Waals surface area contributed by atoms with E-state index in [9.17, 15) is 9.18 Å². The Morgan fingerprint density at radius 2 is 1.83 bits per heavy atom. The Morgan fingerprint density at radius 3 is 2.48 bits per heavy atom. The number of hydrazone groups is 1. The highest BCUT2D eigenvalue weighted by atomic mass is 19.1. The molecule has 0 heterocycles. The first-order valence-electron chi connectivity index (χ1n) is 7.35. The van der Waals surface area contributed by atoms with Gasteiger partial charge in [0.05, 0.1) is 12.8 Å². The molecule has 5 heteroatoms. The van der Waals surface area contributed by atoms with Gasteiger partial charge in [-0.3, -0.25) is 4.79 Å². The molecule has 2 aromatic carbocycles. The molecule has 0 aliphatic carbocycles. The van der Waals surface area contributed by atoms with E-state index < -0.39 is 0 Å². The summed E-state index contributed by atoms with van der Waals surface area (Å²) in [6.45, 7) is 6.13. The number of amides is 1. The van der Waals surface area contributed by atoms with Crippen LogP contribution < -0.4 is 10.7 Å². The van der Waals surface area contributed by atoms with E-state index in [1.165, 1.54) is 17.8 Å². The predicted molar refractivity (Wildman–Crippen MR) is 91.3 cm³/mol. The van der Waals surface area contributed by atoms with E-state index in [1.54, 1.807) is 18.2 Å². The van der Waals surface area contributed by atoms with Crippen molar-refractivity contribution in [2.24, 2.45) is 5.10 Å². The summed E-state index contributed by atoms with van der Waals surface area (Å²) in [4.78, 5) is 11.8. The Bertz CT molecular complexity index is 718. The quantitative estimate of drug-likeness (QED) is 0.657. The van der Waals surface area contributed by atoms with Gasteiger partial charge in [-0.1, -0.05) is 35.9 Å². The van der Waals surface area contributed by atoms with Crippen LogP contribution in [-0.2, 0) is 4.79 Å². The first kappa shape index (κ1) is 16.7. The summed E-state index contributed by atoms with van der Waals surface area (Å²) in [6.07, 6.45) is 1.29. The van der Waals surface area contributed by atoms with E-state index in [1.807, 2.05) is 20.8 Å². The Morgan fingerprint density at radius 1 is 1.17 bits per heavy atom. The van der Waals surface area contributed by atoms with E-state index in [-0.39, 0.29) is 18.3 Å². The topological polar surface area (TPSA) is 53.5 Å². The summed E-state index contributed by atoms with van der Waals surface area (Å²) < 4.78 is 13.4. The van der Waals surface area contributed by atoms with Crippen molar-refractivity contribution in [3.8, 4) is 0 Å². The van der Waals surface area contributed by atoms with Crippen LogP contribution in [0.2, 0.25) is 0 Å². The Hall–Kier alpha value is -2.69. The third kappa shape index (κ3) is 4.64. The van der Waals surface area contributed by atoms with E-state index in [0.717, 1.165) is 16.8 Å². The summed E-state index contributed by atoms with van der Waals surface area (Å²) in [6, 6.07) is 10.3. The number of carbonyl (C=O) groups excluding carboxylic acids is 1. The van der Waals surface area contributed by atoms with E-state index in [2.05, 4.69) is 28.0 Å². The molecule has 2 rings (SSSR count). The van der Waals surface area contributed by atoms with Crippen molar-refractivity contribution in [2.75, 3.05) is 11.9 Å². The maximum absolute atomic E-state index is 13.4. The van der Waals surface area contributed by atoms with Crippen LogP contribution in [0.15, 0.2) is 41.5 Å². The summed E-state index contributed by atoms with van der Waals surface area (Å²) in [5.41, 5.74) is 7.01. The van der Waals surface area contributed by atoms with Gasteiger partial charge in [-0.2, -0.15) is 5.10 Å². The largest absolute Gasteiger partial charge is 0.376 e. The molecule has 0 aliphatic heterocycles. The van der Waals surface area contributed by atoms with Crippen LogP contribution in [0.5, 0.6) is 0 Å².